The number of hydrogen-bond donors (Lipinski definition) is 1. The van der Waals surface area contributed by atoms with E-state index in [-0.39, 0.29) is 16.7 Å². The number of carbonyl (C=O) groups is 1. The molecule has 2 saturated carbocycles. The highest BCUT2D eigenvalue weighted by Gasteiger charge is 2.67. The summed E-state index contributed by atoms with van der Waals surface area (Å²) in [6.07, 6.45) is 2.42. The topological polar surface area (TPSA) is 80.9 Å². The van der Waals surface area contributed by atoms with Gasteiger partial charge >= 0.3 is 5.97 Å². The van der Waals surface area contributed by atoms with Crippen LogP contribution in [0.3, 0.4) is 0 Å². The van der Waals surface area contributed by atoms with Crippen molar-refractivity contribution in [2.24, 2.45) is 16.2 Å². The van der Waals surface area contributed by atoms with E-state index in [2.05, 4.69) is 43.2 Å². The largest absolute Gasteiger partial charge is 0.481 e. The van der Waals surface area contributed by atoms with Gasteiger partial charge in [-0.15, -0.1) is 5.10 Å². The van der Waals surface area contributed by atoms with Crippen LogP contribution in [-0.4, -0.2) is 31.3 Å². The number of aromatic nitrogens is 4. The molecule has 110 valence electrons. The van der Waals surface area contributed by atoms with E-state index in [1.165, 1.54) is 0 Å². The molecule has 0 bridgehead atoms. The molecular weight excluding hydrogens is 256 g/mol. The zero-order valence-electron chi connectivity index (χ0n) is 12.6. The van der Waals surface area contributed by atoms with Crippen LogP contribution in [0.1, 0.15) is 58.7 Å². The first kappa shape index (κ1) is 13.5. The first-order chi connectivity index (χ1) is 9.22. The number of rotatable bonds is 4. The van der Waals surface area contributed by atoms with Gasteiger partial charge in [-0.2, -0.15) is 0 Å². The molecule has 0 aromatic carbocycles. The van der Waals surface area contributed by atoms with Crippen LogP contribution in [0.15, 0.2) is 0 Å². The third-order valence-corrected chi connectivity index (χ3v) is 6.06. The van der Waals surface area contributed by atoms with E-state index in [0.717, 1.165) is 25.1 Å². The van der Waals surface area contributed by atoms with Crippen LogP contribution in [-0.2, 0) is 11.3 Å². The molecule has 20 heavy (non-hydrogen) atoms. The van der Waals surface area contributed by atoms with Gasteiger partial charge in [0.1, 0.15) is 0 Å². The lowest BCUT2D eigenvalue weighted by atomic mass is 9.69. The number of carboxylic acid groups (broad SMARTS) is 1. The fourth-order valence-electron chi connectivity index (χ4n) is 3.70. The zero-order valence-corrected chi connectivity index (χ0v) is 12.6. The van der Waals surface area contributed by atoms with Gasteiger partial charge in [-0.1, -0.05) is 34.1 Å². The maximum Gasteiger partial charge on any atom is 0.311 e. The minimum Gasteiger partial charge on any atom is -0.481 e. The molecule has 0 spiro atoms. The predicted octanol–water partition coefficient (Wildman–Crippen LogP) is 2.08. The Morgan fingerprint density at radius 2 is 1.90 bits per heavy atom. The van der Waals surface area contributed by atoms with Gasteiger partial charge in [-0.05, 0) is 34.1 Å². The Hall–Kier alpha value is -1.46. The van der Waals surface area contributed by atoms with Gasteiger partial charge in [0.05, 0.1) is 12.0 Å². The Morgan fingerprint density at radius 1 is 1.30 bits per heavy atom. The number of carboxylic acids is 1. The van der Waals surface area contributed by atoms with Crippen molar-refractivity contribution in [1.82, 2.24) is 20.2 Å². The molecule has 0 saturated heterocycles. The normalized spacial score (nSPS) is 26.0. The van der Waals surface area contributed by atoms with Crippen LogP contribution < -0.4 is 0 Å². The number of aliphatic carboxylic acids is 1. The summed E-state index contributed by atoms with van der Waals surface area (Å²) in [4.78, 5) is 11.5. The second kappa shape index (κ2) is 3.80. The Labute approximate surface area is 118 Å². The Kier molecular flexibility index (Phi) is 2.57. The molecule has 0 aliphatic heterocycles. The Morgan fingerprint density at radius 3 is 2.30 bits per heavy atom. The van der Waals surface area contributed by atoms with E-state index >= 15 is 0 Å². The van der Waals surface area contributed by atoms with Crippen molar-refractivity contribution in [3.05, 3.63) is 5.82 Å². The third-order valence-electron chi connectivity index (χ3n) is 6.06. The minimum atomic E-state index is -0.723. The molecule has 0 radical (unpaired) electrons. The van der Waals surface area contributed by atoms with Crippen molar-refractivity contribution in [1.29, 1.82) is 0 Å². The SMILES string of the molecule is CC1(C)C(c2nnnn2CC2(C(=O)O)CCC2)C1(C)C. The molecule has 6 heteroatoms. The summed E-state index contributed by atoms with van der Waals surface area (Å²) in [6.45, 7) is 9.26. The van der Waals surface area contributed by atoms with Gasteiger partial charge in [-0.3, -0.25) is 4.79 Å². The standard InChI is InChI=1S/C14H22N4O2/c1-12(2)9(13(12,3)4)10-15-16-17-18(10)8-14(11(19)20)6-5-7-14/h9H,5-8H2,1-4H3,(H,19,20). The van der Waals surface area contributed by atoms with E-state index in [0.29, 0.717) is 6.54 Å². The summed E-state index contributed by atoms with van der Waals surface area (Å²) >= 11 is 0. The zero-order chi connectivity index (χ0) is 14.8. The molecule has 1 aromatic heterocycles. The molecule has 0 unspecified atom stereocenters. The predicted molar refractivity (Wildman–Crippen MR) is 72.0 cm³/mol. The van der Waals surface area contributed by atoms with Gasteiger partial charge in [0, 0.05) is 5.92 Å². The van der Waals surface area contributed by atoms with Gasteiger partial charge in [0.25, 0.3) is 0 Å². The van der Waals surface area contributed by atoms with Crippen molar-refractivity contribution in [2.45, 2.75) is 59.4 Å². The molecule has 3 rings (SSSR count). The summed E-state index contributed by atoms with van der Waals surface area (Å²) in [5.41, 5.74) is -0.363. The summed E-state index contributed by atoms with van der Waals surface area (Å²) in [5, 5.41) is 21.5. The monoisotopic (exact) mass is 278 g/mol. The average Bonchev–Trinajstić information content (AvgIpc) is 2.64. The molecule has 0 atom stereocenters. The highest BCUT2D eigenvalue weighted by atomic mass is 16.4. The molecular formula is C14H22N4O2. The summed E-state index contributed by atoms with van der Waals surface area (Å²) in [6, 6.07) is 0. The van der Waals surface area contributed by atoms with Crippen molar-refractivity contribution in [3.63, 3.8) is 0 Å². The average molecular weight is 278 g/mol. The quantitative estimate of drug-likeness (QED) is 0.912. The number of hydrogen-bond acceptors (Lipinski definition) is 4. The second-order valence-corrected chi connectivity index (χ2v) is 7.51. The van der Waals surface area contributed by atoms with Gasteiger partial charge in [0.2, 0.25) is 0 Å². The lowest BCUT2D eigenvalue weighted by Gasteiger charge is -2.37. The Bertz CT molecular complexity index is 543. The first-order valence-corrected chi connectivity index (χ1v) is 7.22. The number of tetrazole rings is 1. The smallest absolute Gasteiger partial charge is 0.311 e. The molecule has 2 fully saturated rings. The van der Waals surface area contributed by atoms with Crippen LogP contribution in [0.25, 0.3) is 0 Å². The van der Waals surface area contributed by atoms with E-state index in [1.807, 2.05) is 0 Å². The molecule has 1 N–H and O–H groups in total. The molecule has 2 aliphatic rings. The van der Waals surface area contributed by atoms with Crippen molar-refractivity contribution >= 4 is 5.97 Å². The van der Waals surface area contributed by atoms with Crippen LogP contribution >= 0.6 is 0 Å². The molecule has 6 nitrogen and oxygen atoms in total. The lowest BCUT2D eigenvalue weighted by Crippen LogP contribution is -2.42. The molecule has 0 amide bonds. The van der Waals surface area contributed by atoms with Gasteiger partial charge < -0.3 is 5.11 Å². The second-order valence-electron chi connectivity index (χ2n) is 7.51. The molecule has 1 heterocycles. The lowest BCUT2D eigenvalue weighted by molar-refractivity contribution is -0.156. The van der Waals surface area contributed by atoms with Crippen LogP contribution in [0.4, 0.5) is 0 Å². The van der Waals surface area contributed by atoms with Crippen LogP contribution in [0.5, 0.6) is 0 Å². The van der Waals surface area contributed by atoms with E-state index in [4.69, 9.17) is 0 Å². The van der Waals surface area contributed by atoms with Crippen molar-refractivity contribution < 1.29 is 9.90 Å². The fourth-order valence-corrected chi connectivity index (χ4v) is 3.70. The maximum atomic E-state index is 11.5. The summed E-state index contributed by atoms with van der Waals surface area (Å²) in [7, 11) is 0. The van der Waals surface area contributed by atoms with E-state index < -0.39 is 11.4 Å². The van der Waals surface area contributed by atoms with Crippen molar-refractivity contribution in [2.75, 3.05) is 0 Å². The fraction of sp³-hybridized carbons (Fsp3) is 0.857. The highest BCUT2D eigenvalue weighted by molar-refractivity contribution is 5.75. The van der Waals surface area contributed by atoms with Gasteiger partial charge in [-0.25, -0.2) is 4.68 Å². The summed E-state index contributed by atoms with van der Waals surface area (Å²) in [5.74, 6) is 0.406. The maximum absolute atomic E-state index is 11.5. The first-order valence-electron chi connectivity index (χ1n) is 7.22. The van der Waals surface area contributed by atoms with E-state index in [9.17, 15) is 9.90 Å². The van der Waals surface area contributed by atoms with Crippen molar-refractivity contribution in [3.8, 4) is 0 Å². The Balaban J connectivity index is 1.88. The highest BCUT2D eigenvalue weighted by Crippen LogP contribution is 2.73. The third kappa shape index (κ3) is 1.56. The number of nitrogens with zero attached hydrogens (tertiary/aromatic N) is 4. The molecule has 2 aliphatic carbocycles. The summed E-state index contributed by atoms with van der Waals surface area (Å²) < 4.78 is 1.73. The van der Waals surface area contributed by atoms with Gasteiger partial charge in [0.15, 0.2) is 5.82 Å². The minimum absolute atomic E-state index is 0.148. The van der Waals surface area contributed by atoms with E-state index in [1.54, 1.807) is 4.68 Å². The molecule has 1 aromatic rings. The van der Waals surface area contributed by atoms with Crippen LogP contribution in [0.2, 0.25) is 0 Å². The van der Waals surface area contributed by atoms with Crippen LogP contribution in [0, 0.1) is 16.2 Å².